The van der Waals surface area contributed by atoms with Gasteiger partial charge in [0, 0.05) is 18.0 Å². The van der Waals surface area contributed by atoms with E-state index in [9.17, 15) is 4.79 Å². The number of carbonyl (C=O) groups is 1. The predicted octanol–water partition coefficient (Wildman–Crippen LogP) is 4.07. The van der Waals surface area contributed by atoms with Gasteiger partial charge in [-0.15, -0.1) is 10.2 Å². The third kappa shape index (κ3) is 3.71. The van der Waals surface area contributed by atoms with Gasteiger partial charge in [-0.1, -0.05) is 49.3 Å². The minimum atomic E-state index is -0.181. The van der Waals surface area contributed by atoms with Crippen LogP contribution in [0.1, 0.15) is 41.6 Å². The summed E-state index contributed by atoms with van der Waals surface area (Å²) in [7, 11) is 0. The zero-order valence-corrected chi connectivity index (χ0v) is 13.8. The Morgan fingerprint density at radius 3 is 2.91 bits per heavy atom. The number of fused-ring (bicyclic) bond motifs is 1. The third-order valence-corrected chi connectivity index (χ3v) is 4.47. The Morgan fingerprint density at radius 2 is 2.04 bits per heavy atom. The van der Waals surface area contributed by atoms with Crippen molar-refractivity contribution in [2.24, 2.45) is 0 Å². The van der Waals surface area contributed by atoms with Crippen LogP contribution >= 0.6 is 11.3 Å². The highest BCUT2D eigenvalue weighted by Gasteiger charge is 2.13. The van der Waals surface area contributed by atoms with E-state index in [4.69, 9.17) is 0 Å². The summed E-state index contributed by atoms with van der Waals surface area (Å²) in [6, 6.07) is 9.32. The molecule has 0 aliphatic carbocycles. The molecule has 5 nitrogen and oxygen atoms in total. The van der Waals surface area contributed by atoms with Gasteiger partial charge in [-0.05, 0) is 18.6 Å². The van der Waals surface area contributed by atoms with Crippen LogP contribution in [0.3, 0.4) is 0 Å². The molecule has 1 N–H and O–H groups in total. The molecule has 0 aliphatic rings. The molecule has 0 unspecified atom stereocenters. The first-order chi connectivity index (χ1) is 11.3. The number of nitrogens with one attached hydrogen (secondary N) is 1. The molecule has 3 rings (SSSR count). The second-order valence-corrected chi connectivity index (χ2v) is 6.35. The lowest BCUT2D eigenvalue weighted by Gasteiger charge is -2.04. The van der Waals surface area contributed by atoms with E-state index >= 15 is 0 Å². The second kappa shape index (κ2) is 7.28. The molecule has 0 saturated carbocycles. The fourth-order valence-corrected chi connectivity index (χ4v) is 3.17. The molecule has 0 aliphatic heterocycles. The van der Waals surface area contributed by atoms with Crippen molar-refractivity contribution in [1.29, 1.82) is 0 Å². The third-order valence-electron chi connectivity index (χ3n) is 3.58. The van der Waals surface area contributed by atoms with E-state index in [1.165, 1.54) is 24.2 Å². The number of hydrogen-bond acceptors (Lipinski definition) is 5. The summed E-state index contributed by atoms with van der Waals surface area (Å²) in [5.74, 6) is -0.181. The van der Waals surface area contributed by atoms with Crippen LogP contribution in [0.2, 0.25) is 0 Å². The molecule has 0 spiro atoms. The molecule has 2 aromatic heterocycles. The molecule has 6 heteroatoms. The summed E-state index contributed by atoms with van der Waals surface area (Å²) >= 11 is 1.44. The number of amides is 1. The molecule has 23 heavy (non-hydrogen) atoms. The maximum Gasteiger partial charge on any atom is 0.258 e. The number of nitrogens with zero attached hydrogens (tertiary/aromatic N) is 3. The molecular formula is C17H18N4OS. The Bertz CT molecular complexity index is 810. The number of aryl methyl sites for hydroxylation is 1. The van der Waals surface area contributed by atoms with Crippen LogP contribution in [0.5, 0.6) is 0 Å². The largest absolute Gasteiger partial charge is 0.296 e. The minimum Gasteiger partial charge on any atom is -0.296 e. The van der Waals surface area contributed by atoms with Crippen molar-refractivity contribution in [3.8, 4) is 0 Å². The maximum absolute atomic E-state index is 12.5. The molecular weight excluding hydrogens is 308 g/mol. The van der Waals surface area contributed by atoms with E-state index in [0.29, 0.717) is 10.7 Å². The highest BCUT2D eigenvalue weighted by molar-refractivity contribution is 7.15. The van der Waals surface area contributed by atoms with Crippen molar-refractivity contribution in [3.63, 3.8) is 0 Å². The van der Waals surface area contributed by atoms with Gasteiger partial charge in [0.2, 0.25) is 5.13 Å². The quantitative estimate of drug-likeness (QED) is 0.693. The number of aromatic nitrogens is 3. The van der Waals surface area contributed by atoms with Crippen molar-refractivity contribution in [3.05, 3.63) is 47.1 Å². The smallest absolute Gasteiger partial charge is 0.258 e. The van der Waals surface area contributed by atoms with Crippen molar-refractivity contribution in [2.45, 2.75) is 32.6 Å². The van der Waals surface area contributed by atoms with E-state index in [1.54, 1.807) is 12.3 Å². The molecule has 1 amide bonds. The topological polar surface area (TPSA) is 67.8 Å². The molecule has 3 aromatic rings. The van der Waals surface area contributed by atoms with Gasteiger partial charge in [-0.3, -0.25) is 15.1 Å². The molecule has 118 valence electrons. The number of anilines is 1. The normalized spacial score (nSPS) is 10.8. The fourth-order valence-electron chi connectivity index (χ4n) is 2.39. The monoisotopic (exact) mass is 326 g/mol. The number of hydrogen-bond donors (Lipinski definition) is 1. The Hall–Kier alpha value is -2.34. The van der Waals surface area contributed by atoms with Gasteiger partial charge in [0.15, 0.2) is 0 Å². The Kier molecular flexibility index (Phi) is 4.92. The summed E-state index contributed by atoms with van der Waals surface area (Å²) in [5.41, 5.74) is 1.40. The van der Waals surface area contributed by atoms with E-state index in [1.807, 2.05) is 24.3 Å². The van der Waals surface area contributed by atoms with Crippen LogP contribution in [0, 0.1) is 0 Å². The van der Waals surface area contributed by atoms with Crippen LogP contribution in [-0.4, -0.2) is 21.1 Å². The van der Waals surface area contributed by atoms with Gasteiger partial charge in [-0.2, -0.15) is 0 Å². The minimum absolute atomic E-state index is 0.181. The lowest BCUT2D eigenvalue weighted by molar-refractivity contribution is 0.102. The number of benzene rings is 1. The van der Waals surface area contributed by atoms with Gasteiger partial charge in [-0.25, -0.2) is 0 Å². The molecule has 0 radical (unpaired) electrons. The van der Waals surface area contributed by atoms with E-state index in [2.05, 4.69) is 27.4 Å². The Labute approximate surface area is 138 Å². The number of carbonyl (C=O) groups excluding carboxylic acids is 1. The van der Waals surface area contributed by atoms with Crippen LogP contribution in [-0.2, 0) is 6.42 Å². The van der Waals surface area contributed by atoms with Crippen LogP contribution in [0.25, 0.3) is 10.9 Å². The number of rotatable bonds is 6. The van der Waals surface area contributed by atoms with Crippen molar-refractivity contribution in [1.82, 2.24) is 15.2 Å². The van der Waals surface area contributed by atoms with E-state index in [-0.39, 0.29) is 5.91 Å². The summed E-state index contributed by atoms with van der Waals surface area (Å²) in [4.78, 5) is 16.8. The zero-order valence-electron chi connectivity index (χ0n) is 13.0. The van der Waals surface area contributed by atoms with Crippen molar-refractivity contribution in [2.75, 3.05) is 5.32 Å². The fraction of sp³-hybridized carbons (Fsp3) is 0.294. The summed E-state index contributed by atoms with van der Waals surface area (Å²) in [6.07, 6.45) is 6.03. The van der Waals surface area contributed by atoms with Crippen LogP contribution in [0.15, 0.2) is 36.5 Å². The lowest BCUT2D eigenvalue weighted by Crippen LogP contribution is -2.12. The van der Waals surface area contributed by atoms with Gasteiger partial charge in [0.1, 0.15) is 5.01 Å². The number of para-hydroxylation sites is 1. The first-order valence-electron chi connectivity index (χ1n) is 7.75. The molecule has 0 atom stereocenters. The number of pyridine rings is 1. The van der Waals surface area contributed by atoms with Gasteiger partial charge >= 0.3 is 0 Å². The molecule has 0 saturated heterocycles. The summed E-state index contributed by atoms with van der Waals surface area (Å²) in [5, 5.41) is 13.4. The molecule has 0 fully saturated rings. The highest BCUT2D eigenvalue weighted by Crippen LogP contribution is 2.21. The van der Waals surface area contributed by atoms with E-state index in [0.717, 1.165) is 28.8 Å². The van der Waals surface area contributed by atoms with Crippen molar-refractivity contribution < 1.29 is 4.79 Å². The standard InChI is InChI=1S/C17H18N4OS/c1-2-3-4-9-15-20-21-17(23-15)19-16(22)13-10-11-18-14-8-6-5-7-12(13)14/h5-8,10-11H,2-4,9H2,1H3,(H,19,21,22). The van der Waals surface area contributed by atoms with Crippen LogP contribution < -0.4 is 5.32 Å². The molecule has 1 aromatic carbocycles. The van der Waals surface area contributed by atoms with Gasteiger partial charge in [0.05, 0.1) is 11.1 Å². The lowest BCUT2D eigenvalue weighted by atomic mass is 10.1. The zero-order chi connectivity index (χ0) is 16.1. The molecule has 0 bridgehead atoms. The van der Waals surface area contributed by atoms with Crippen molar-refractivity contribution >= 4 is 33.3 Å². The van der Waals surface area contributed by atoms with Gasteiger partial charge in [0.25, 0.3) is 5.91 Å². The van der Waals surface area contributed by atoms with Crippen LogP contribution in [0.4, 0.5) is 5.13 Å². The summed E-state index contributed by atoms with van der Waals surface area (Å²) in [6.45, 7) is 2.17. The SMILES string of the molecule is CCCCCc1nnc(NC(=O)c2ccnc3ccccc23)s1. The highest BCUT2D eigenvalue weighted by atomic mass is 32.1. The second-order valence-electron chi connectivity index (χ2n) is 5.29. The first-order valence-corrected chi connectivity index (χ1v) is 8.57. The number of unbranched alkanes of at least 4 members (excludes halogenated alkanes) is 2. The average Bonchev–Trinajstić information content (AvgIpc) is 3.02. The molecule has 2 heterocycles. The van der Waals surface area contributed by atoms with E-state index < -0.39 is 0 Å². The predicted molar refractivity (Wildman–Crippen MR) is 92.8 cm³/mol. The van der Waals surface area contributed by atoms with Gasteiger partial charge < -0.3 is 0 Å². The first kappa shape index (κ1) is 15.6. The Balaban J connectivity index is 1.73. The Morgan fingerprint density at radius 1 is 1.17 bits per heavy atom. The maximum atomic E-state index is 12.5. The summed E-state index contributed by atoms with van der Waals surface area (Å²) < 4.78 is 0. The average molecular weight is 326 g/mol.